The molecule has 3 aromatic rings. The number of carbonyl (C=O) groups excluding carboxylic acids is 1. The Morgan fingerprint density at radius 2 is 1.77 bits per heavy atom. The molecule has 40 heavy (non-hydrogen) atoms. The molecule has 0 spiro atoms. The van der Waals surface area contributed by atoms with E-state index in [-0.39, 0.29) is 36.6 Å². The molecule has 1 atom stereocenters. The number of rotatable bonds is 9. The number of aromatic nitrogens is 2. The van der Waals surface area contributed by atoms with Crippen LogP contribution in [0.25, 0.3) is 11.3 Å². The van der Waals surface area contributed by atoms with Gasteiger partial charge in [-0.2, -0.15) is 31.0 Å². The van der Waals surface area contributed by atoms with Gasteiger partial charge in [-0.3, -0.25) is 9.52 Å². The van der Waals surface area contributed by atoms with Gasteiger partial charge in [0.15, 0.2) is 0 Å². The van der Waals surface area contributed by atoms with Crippen molar-refractivity contribution in [3.8, 4) is 5.69 Å². The molecule has 1 amide bonds. The van der Waals surface area contributed by atoms with Crippen molar-refractivity contribution in [2.24, 2.45) is 0 Å². The lowest BCUT2D eigenvalue weighted by Gasteiger charge is -2.35. The van der Waals surface area contributed by atoms with Crippen molar-refractivity contribution in [2.45, 2.75) is 30.9 Å². The molecule has 2 N–H and O–H groups in total. The molecule has 0 saturated carbocycles. The third-order valence-electron chi connectivity index (χ3n) is 6.75. The average Bonchev–Trinajstić information content (AvgIpc) is 3.36. The molecule has 4 rings (SSSR count). The lowest BCUT2D eigenvalue weighted by Crippen LogP contribution is -2.42. The molecule has 0 aliphatic heterocycles. The number of nitrogens with one attached hydrogen (secondary N) is 2. The number of allylic oxidation sites excluding steroid dienone is 4. The SMILES string of the molecule is CNC(=O)CCc1cc(C2(C(F)(F)F)C=CC(c3ccccc3)=CC2)n(-c2ccc(NS(=O)(=O)N(C)C)cc2)n1. The van der Waals surface area contributed by atoms with Gasteiger partial charge in [0.2, 0.25) is 5.91 Å². The molecule has 1 heterocycles. The zero-order chi connectivity index (χ0) is 29.1. The Kier molecular flexibility index (Phi) is 8.22. The number of halogens is 3. The molecule has 0 bridgehead atoms. The molecule has 1 aliphatic carbocycles. The lowest BCUT2D eigenvalue weighted by atomic mass is 9.75. The van der Waals surface area contributed by atoms with Crippen molar-refractivity contribution in [2.75, 3.05) is 25.9 Å². The number of hydrogen-bond acceptors (Lipinski definition) is 4. The maximum absolute atomic E-state index is 14.9. The van der Waals surface area contributed by atoms with Gasteiger partial charge in [0.1, 0.15) is 5.41 Å². The number of anilines is 1. The number of hydrogen-bond donors (Lipinski definition) is 2. The first-order chi connectivity index (χ1) is 18.9. The summed E-state index contributed by atoms with van der Waals surface area (Å²) in [7, 11) is 0.468. The molecule has 8 nitrogen and oxygen atoms in total. The van der Waals surface area contributed by atoms with Gasteiger partial charge >= 0.3 is 16.4 Å². The van der Waals surface area contributed by atoms with Crippen molar-refractivity contribution in [3.63, 3.8) is 0 Å². The summed E-state index contributed by atoms with van der Waals surface area (Å²) in [6.07, 6.45) is -0.590. The quantitative estimate of drug-likeness (QED) is 0.391. The highest BCUT2D eigenvalue weighted by Crippen LogP contribution is 2.49. The zero-order valence-corrected chi connectivity index (χ0v) is 23.1. The average molecular weight is 574 g/mol. The molecule has 0 saturated heterocycles. The van der Waals surface area contributed by atoms with Crippen LogP contribution in [-0.2, 0) is 26.8 Å². The molecule has 1 aliphatic rings. The van der Waals surface area contributed by atoms with Gasteiger partial charge in [-0.05, 0) is 47.9 Å². The molecule has 1 aromatic heterocycles. The van der Waals surface area contributed by atoms with E-state index < -0.39 is 21.8 Å². The summed E-state index contributed by atoms with van der Waals surface area (Å²) in [4.78, 5) is 11.8. The maximum Gasteiger partial charge on any atom is 0.403 e. The maximum atomic E-state index is 14.9. The van der Waals surface area contributed by atoms with E-state index in [1.165, 1.54) is 68.3 Å². The number of amides is 1. The first kappa shape index (κ1) is 29.1. The molecular formula is C28H30F3N5O3S. The Morgan fingerprint density at radius 3 is 2.33 bits per heavy atom. The highest BCUT2D eigenvalue weighted by atomic mass is 32.2. The lowest BCUT2D eigenvalue weighted by molar-refractivity contribution is -0.177. The van der Waals surface area contributed by atoms with Crippen LogP contribution in [0.15, 0.2) is 78.9 Å². The highest BCUT2D eigenvalue weighted by molar-refractivity contribution is 7.90. The van der Waals surface area contributed by atoms with Crippen LogP contribution in [0.4, 0.5) is 18.9 Å². The second-order valence-electron chi connectivity index (χ2n) is 9.57. The summed E-state index contributed by atoms with van der Waals surface area (Å²) in [5.41, 5.74) is -0.115. The first-order valence-electron chi connectivity index (χ1n) is 12.5. The van der Waals surface area contributed by atoms with Crippen molar-refractivity contribution in [1.29, 1.82) is 0 Å². The molecular weight excluding hydrogens is 543 g/mol. The van der Waals surface area contributed by atoms with Crippen molar-refractivity contribution >= 4 is 27.4 Å². The minimum atomic E-state index is -4.67. The standard InChI is InChI=1S/C28H30F3N5O3S/c1-32-26(37)14-11-23-19-25(36(33-23)24-12-9-22(10-13-24)34-40(38,39)35(2)3)27(28(29,30)31)17-15-21(16-18-27)20-7-5-4-6-8-20/h4-10,12-13,15-17,19,34H,11,14,18H2,1-3H3,(H,32,37). The first-order valence-corrected chi connectivity index (χ1v) is 13.9. The Bertz CT molecular complexity index is 1530. The van der Waals surface area contributed by atoms with E-state index in [9.17, 15) is 26.4 Å². The zero-order valence-electron chi connectivity index (χ0n) is 22.2. The van der Waals surface area contributed by atoms with Crippen molar-refractivity contribution in [3.05, 3.63) is 95.8 Å². The minimum Gasteiger partial charge on any atom is -0.359 e. The van der Waals surface area contributed by atoms with Gasteiger partial charge in [-0.15, -0.1) is 0 Å². The summed E-state index contributed by atoms with van der Waals surface area (Å²) in [5.74, 6) is -0.257. The molecule has 212 valence electrons. The molecule has 12 heteroatoms. The predicted molar refractivity (Wildman–Crippen MR) is 148 cm³/mol. The van der Waals surface area contributed by atoms with Gasteiger partial charge in [0.05, 0.1) is 17.1 Å². The van der Waals surface area contributed by atoms with Crippen LogP contribution in [0.2, 0.25) is 0 Å². The fourth-order valence-corrected chi connectivity index (χ4v) is 4.99. The Balaban J connectivity index is 1.78. The van der Waals surface area contributed by atoms with Crippen molar-refractivity contribution in [1.82, 2.24) is 19.4 Å². The highest BCUT2D eigenvalue weighted by Gasteiger charge is 2.56. The fourth-order valence-electron chi connectivity index (χ4n) is 4.37. The van der Waals surface area contributed by atoms with E-state index in [2.05, 4.69) is 15.1 Å². The Labute approximate surface area is 231 Å². The second kappa shape index (κ2) is 11.3. The molecule has 2 aromatic carbocycles. The Morgan fingerprint density at radius 1 is 1.10 bits per heavy atom. The molecule has 1 unspecified atom stereocenters. The summed E-state index contributed by atoms with van der Waals surface area (Å²) in [5, 5.41) is 6.97. The normalized spacial score (nSPS) is 17.5. The van der Waals surface area contributed by atoms with Crippen LogP contribution >= 0.6 is 0 Å². The topological polar surface area (TPSA) is 96.3 Å². The van der Waals surface area contributed by atoms with Gasteiger partial charge in [-0.1, -0.05) is 48.6 Å². The van der Waals surface area contributed by atoms with Gasteiger partial charge in [-0.25, -0.2) is 4.68 Å². The largest absolute Gasteiger partial charge is 0.403 e. The predicted octanol–water partition coefficient (Wildman–Crippen LogP) is 4.61. The van der Waals surface area contributed by atoms with E-state index in [0.717, 1.165) is 9.87 Å². The summed E-state index contributed by atoms with van der Waals surface area (Å²) in [6, 6.07) is 16.5. The molecule has 0 fully saturated rings. The van der Waals surface area contributed by atoms with E-state index in [1.807, 2.05) is 30.3 Å². The van der Waals surface area contributed by atoms with Gasteiger partial charge in [0.25, 0.3) is 0 Å². The third-order valence-corrected chi connectivity index (χ3v) is 8.20. The fraction of sp³-hybridized carbons (Fsp3) is 0.286. The number of nitrogens with zero attached hydrogens (tertiary/aromatic N) is 3. The van der Waals surface area contributed by atoms with Crippen LogP contribution in [0.5, 0.6) is 0 Å². The van der Waals surface area contributed by atoms with E-state index >= 15 is 0 Å². The number of alkyl halides is 3. The van der Waals surface area contributed by atoms with Crippen LogP contribution in [0.1, 0.15) is 29.8 Å². The summed E-state index contributed by atoms with van der Waals surface area (Å²) in [6.45, 7) is 0. The smallest absolute Gasteiger partial charge is 0.359 e. The Hall–Kier alpha value is -3.90. The molecule has 0 radical (unpaired) electrons. The van der Waals surface area contributed by atoms with E-state index in [1.54, 1.807) is 6.08 Å². The summed E-state index contributed by atoms with van der Waals surface area (Å²) < 4.78 is 73.8. The number of carbonyl (C=O) groups is 1. The number of aryl methyl sites for hydroxylation is 1. The van der Waals surface area contributed by atoms with Gasteiger partial charge < -0.3 is 5.32 Å². The third kappa shape index (κ3) is 5.97. The van der Waals surface area contributed by atoms with Crippen LogP contribution < -0.4 is 10.0 Å². The van der Waals surface area contributed by atoms with Crippen LogP contribution in [-0.4, -0.2) is 55.7 Å². The second-order valence-corrected chi connectivity index (χ2v) is 11.5. The number of benzene rings is 2. The van der Waals surface area contributed by atoms with Crippen LogP contribution in [0.3, 0.4) is 0 Å². The van der Waals surface area contributed by atoms with E-state index in [0.29, 0.717) is 17.0 Å². The monoisotopic (exact) mass is 573 g/mol. The minimum absolute atomic E-state index is 0.0606. The van der Waals surface area contributed by atoms with Gasteiger partial charge in [0, 0.05) is 39.7 Å². The van der Waals surface area contributed by atoms with Crippen molar-refractivity contribution < 1.29 is 26.4 Å². The summed E-state index contributed by atoms with van der Waals surface area (Å²) >= 11 is 0. The van der Waals surface area contributed by atoms with Crippen LogP contribution in [0, 0.1) is 0 Å². The van der Waals surface area contributed by atoms with E-state index in [4.69, 9.17) is 0 Å².